The molecule has 0 spiro atoms. The van der Waals surface area contributed by atoms with E-state index in [9.17, 15) is 4.79 Å². The lowest BCUT2D eigenvalue weighted by Gasteiger charge is -2.30. The van der Waals surface area contributed by atoms with Gasteiger partial charge >= 0.3 is 0 Å². The summed E-state index contributed by atoms with van der Waals surface area (Å²) in [6.07, 6.45) is 4.08. The molecule has 1 saturated carbocycles. The second kappa shape index (κ2) is 13.7. The molecule has 29 heavy (non-hydrogen) atoms. The minimum Gasteiger partial charge on any atom is -0.382 e. The van der Waals surface area contributed by atoms with Crippen LogP contribution >= 0.6 is 0 Å². The van der Waals surface area contributed by atoms with E-state index >= 15 is 0 Å². The summed E-state index contributed by atoms with van der Waals surface area (Å²) in [4.78, 5) is 18.9. The first kappa shape index (κ1) is 25.5. The molecule has 2 atom stereocenters. The van der Waals surface area contributed by atoms with Gasteiger partial charge in [0, 0.05) is 26.2 Å². The topological polar surface area (TPSA) is 63.7 Å². The highest BCUT2D eigenvalue weighted by Gasteiger charge is 2.30. The summed E-state index contributed by atoms with van der Waals surface area (Å²) in [7, 11) is 5.79. The number of nitrogens with one attached hydrogen (secondary N) is 1. The van der Waals surface area contributed by atoms with Gasteiger partial charge in [-0.1, -0.05) is 33.8 Å². The van der Waals surface area contributed by atoms with E-state index in [1.807, 2.05) is 47.9 Å². The zero-order valence-corrected chi connectivity index (χ0v) is 19.5. The first-order valence-electron chi connectivity index (χ1n) is 11.1. The standard InChI is InChI=1S/C19H29N3O3.2C2H6/c1-22(2)11-17-16(14-8-9-25-15(10-14)12-24-3)6-7-18(20-17)21-19(23)13-4-5-13;2*1-2/h6-7,13-15H,4-5,8-12H2,1-3H3,(H,20,21,23);2*1-2H3. The van der Waals surface area contributed by atoms with E-state index in [1.54, 1.807) is 7.11 Å². The Labute approximate surface area is 177 Å². The Morgan fingerprint density at radius 2 is 1.90 bits per heavy atom. The molecule has 0 aromatic carbocycles. The van der Waals surface area contributed by atoms with E-state index in [-0.39, 0.29) is 17.9 Å². The second-order valence-electron chi connectivity index (χ2n) is 7.40. The summed E-state index contributed by atoms with van der Waals surface area (Å²) in [6, 6.07) is 4.07. The number of carbonyl (C=O) groups excluding carboxylic acids is 1. The number of pyridine rings is 1. The van der Waals surface area contributed by atoms with Crippen molar-refractivity contribution in [1.82, 2.24) is 9.88 Å². The molecule has 2 unspecified atom stereocenters. The molecule has 2 heterocycles. The molecular formula is C23H41N3O3. The molecule has 6 nitrogen and oxygen atoms in total. The molecule has 1 aliphatic carbocycles. The van der Waals surface area contributed by atoms with Crippen molar-refractivity contribution in [3.8, 4) is 0 Å². The molecule has 0 bridgehead atoms. The maximum absolute atomic E-state index is 12.0. The highest BCUT2D eigenvalue weighted by molar-refractivity contribution is 5.93. The van der Waals surface area contributed by atoms with E-state index in [2.05, 4.69) is 16.3 Å². The van der Waals surface area contributed by atoms with Crippen molar-refractivity contribution >= 4 is 11.7 Å². The predicted molar refractivity (Wildman–Crippen MR) is 119 cm³/mol. The highest BCUT2D eigenvalue weighted by Crippen LogP contribution is 2.34. The lowest BCUT2D eigenvalue weighted by molar-refractivity contribution is -0.117. The molecule has 1 aliphatic heterocycles. The normalized spacial score (nSPS) is 20.8. The van der Waals surface area contributed by atoms with Gasteiger partial charge in [-0.25, -0.2) is 4.98 Å². The number of ether oxygens (including phenoxy) is 2. The molecular weight excluding hydrogens is 366 g/mol. The monoisotopic (exact) mass is 407 g/mol. The maximum atomic E-state index is 12.0. The van der Waals surface area contributed by atoms with E-state index in [1.165, 1.54) is 5.56 Å². The Morgan fingerprint density at radius 1 is 1.21 bits per heavy atom. The lowest BCUT2D eigenvalue weighted by Crippen LogP contribution is -2.29. The summed E-state index contributed by atoms with van der Waals surface area (Å²) in [5.74, 6) is 1.37. The van der Waals surface area contributed by atoms with Crippen molar-refractivity contribution in [1.29, 1.82) is 0 Å². The Morgan fingerprint density at radius 3 is 2.48 bits per heavy atom. The van der Waals surface area contributed by atoms with Crippen LogP contribution in [0.4, 0.5) is 5.82 Å². The van der Waals surface area contributed by atoms with Gasteiger partial charge in [0.25, 0.3) is 0 Å². The Bertz CT molecular complexity index is 601. The van der Waals surface area contributed by atoms with Crippen molar-refractivity contribution < 1.29 is 14.3 Å². The molecule has 1 N–H and O–H groups in total. The third-order valence-electron chi connectivity index (χ3n) is 4.83. The van der Waals surface area contributed by atoms with Crippen molar-refractivity contribution in [3.63, 3.8) is 0 Å². The number of nitrogens with zero attached hydrogens (tertiary/aromatic N) is 2. The number of hydrogen-bond donors (Lipinski definition) is 1. The average Bonchev–Trinajstić information content (AvgIpc) is 3.57. The van der Waals surface area contributed by atoms with Crippen LogP contribution < -0.4 is 5.32 Å². The number of anilines is 1. The summed E-state index contributed by atoms with van der Waals surface area (Å²) in [5, 5.41) is 2.96. The Kier molecular flexibility index (Phi) is 12.0. The van der Waals surface area contributed by atoms with Gasteiger partial charge in [0.2, 0.25) is 5.91 Å². The van der Waals surface area contributed by atoms with Gasteiger partial charge in [-0.05, 0) is 57.3 Å². The van der Waals surface area contributed by atoms with Crippen LogP contribution in [0.5, 0.6) is 0 Å². The molecule has 6 heteroatoms. The van der Waals surface area contributed by atoms with Gasteiger partial charge in [0.1, 0.15) is 5.82 Å². The number of carbonyl (C=O) groups is 1. The molecule has 2 fully saturated rings. The second-order valence-corrected chi connectivity index (χ2v) is 7.40. The largest absolute Gasteiger partial charge is 0.382 e. The quantitative estimate of drug-likeness (QED) is 0.723. The number of amides is 1. The van der Waals surface area contributed by atoms with Crippen molar-refractivity contribution in [2.24, 2.45) is 5.92 Å². The van der Waals surface area contributed by atoms with E-state index < -0.39 is 0 Å². The summed E-state index contributed by atoms with van der Waals surface area (Å²) in [5.41, 5.74) is 2.31. The van der Waals surface area contributed by atoms with Gasteiger partial charge in [-0.15, -0.1) is 0 Å². The van der Waals surface area contributed by atoms with Crippen LogP contribution in [0.25, 0.3) is 0 Å². The van der Waals surface area contributed by atoms with E-state index in [4.69, 9.17) is 14.5 Å². The van der Waals surface area contributed by atoms with Crippen LogP contribution in [0.1, 0.15) is 70.6 Å². The Balaban J connectivity index is 0.000000989. The van der Waals surface area contributed by atoms with Crippen LogP contribution in [0.2, 0.25) is 0 Å². The number of methoxy groups -OCH3 is 1. The fraction of sp³-hybridized carbons (Fsp3) is 0.739. The lowest BCUT2D eigenvalue weighted by atomic mass is 9.87. The van der Waals surface area contributed by atoms with Crippen LogP contribution in [0, 0.1) is 5.92 Å². The summed E-state index contributed by atoms with van der Waals surface area (Å²) < 4.78 is 11.0. The summed E-state index contributed by atoms with van der Waals surface area (Å²) >= 11 is 0. The third-order valence-corrected chi connectivity index (χ3v) is 4.83. The van der Waals surface area contributed by atoms with Crippen molar-refractivity contribution in [2.75, 3.05) is 39.7 Å². The zero-order valence-electron chi connectivity index (χ0n) is 19.5. The number of hydrogen-bond acceptors (Lipinski definition) is 5. The van der Waals surface area contributed by atoms with Crippen LogP contribution in [0.15, 0.2) is 12.1 Å². The average molecular weight is 408 g/mol. The van der Waals surface area contributed by atoms with Gasteiger partial charge in [0.15, 0.2) is 0 Å². The van der Waals surface area contributed by atoms with Crippen molar-refractivity contribution in [3.05, 3.63) is 23.4 Å². The fourth-order valence-electron chi connectivity index (χ4n) is 3.42. The molecule has 166 valence electrons. The van der Waals surface area contributed by atoms with E-state index in [0.29, 0.717) is 18.3 Å². The van der Waals surface area contributed by atoms with Crippen LogP contribution in [-0.4, -0.2) is 56.3 Å². The predicted octanol–water partition coefficient (Wildman–Crippen LogP) is 4.45. The van der Waals surface area contributed by atoms with Gasteiger partial charge in [-0.2, -0.15) is 0 Å². The van der Waals surface area contributed by atoms with Gasteiger partial charge in [-0.3, -0.25) is 4.79 Å². The fourth-order valence-corrected chi connectivity index (χ4v) is 3.42. The first-order chi connectivity index (χ1) is 14.1. The summed E-state index contributed by atoms with van der Waals surface area (Å²) in [6.45, 7) is 10.1. The molecule has 2 aliphatic rings. The molecule has 3 rings (SSSR count). The maximum Gasteiger partial charge on any atom is 0.228 e. The van der Waals surface area contributed by atoms with E-state index in [0.717, 1.165) is 44.5 Å². The number of rotatable bonds is 7. The van der Waals surface area contributed by atoms with Gasteiger partial charge in [0.05, 0.1) is 18.4 Å². The van der Waals surface area contributed by atoms with Gasteiger partial charge < -0.3 is 19.7 Å². The third kappa shape index (κ3) is 8.41. The van der Waals surface area contributed by atoms with Crippen molar-refractivity contribution in [2.45, 2.75) is 71.9 Å². The Hall–Kier alpha value is -1.50. The minimum absolute atomic E-state index is 0.0993. The molecule has 1 aromatic rings. The molecule has 1 aromatic heterocycles. The highest BCUT2D eigenvalue weighted by atomic mass is 16.5. The zero-order chi connectivity index (χ0) is 21.8. The smallest absolute Gasteiger partial charge is 0.228 e. The molecule has 1 saturated heterocycles. The minimum atomic E-state index is 0.0993. The van der Waals surface area contributed by atoms with Crippen LogP contribution in [-0.2, 0) is 20.8 Å². The molecule has 0 radical (unpaired) electrons. The first-order valence-corrected chi connectivity index (χ1v) is 11.1. The SMILES string of the molecule is CC.CC.COCC1CC(c2ccc(NC(=O)C3CC3)nc2CN(C)C)CCO1. The number of aromatic nitrogens is 1. The van der Waals surface area contributed by atoms with Crippen LogP contribution in [0.3, 0.4) is 0 Å². The molecule has 1 amide bonds.